The number of rotatable bonds is 3. The summed E-state index contributed by atoms with van der Waals surface area (Å²) in [6.07, 6.45) is 0. The van der Waals surface area contributed by atoms with Crippen LogP contribution in [0.3, 0.4) is 0 Å². The van der Waals surface area contributed by atoms with Gasteiger partial charge in [-0.2, -0.15) is 0 Å². The number of thiol groups is 1. The van der Waals surface area contributed by atoms with Gasteiger partial charge in [-0.05, 0) is 0 Å². The molecule has 1 radical (unpaired) electrons. The molecule has 0 aromatic heterocycles. The van der Waals surface area contributed by atoms with E-state index < -0.39 is 6.04 Å². The third kappa shape index (κ3) is 3.93. The SMILES string of the molecule is CC(=O)NC(CS)C(=O)[Se]. The Bertz CT molecular complexity index is 151. The molecule has 0 aliphatic rings. The predicted molar refractivity (Wildman–Crippen MR) is 42.2 cm³/mol. The summed E-state index contributed by atoms with van der Waals surface area (Å²) in [5, 5.41) is 2.43. The molecule has 10 heavy (non-hydrogen) atoms. The zero-order chi connectivity index (χ0) is 8.15. The molecule has 1 atom stereocenters. The number of amides is 1. The molecule has 0 saturated carbocycles. The van der Waals surface area contributed by atoms with Crippen LogP contribution in [0, 0.1) is 0 Å². The summed E-state index contributed by atoms with van der Waals surface area (Å²) in [5.74, 6) is 0.105. The maximum atomic E-state index is 10.6. The molecule has 1 unspecified atom stereocenters. The monoisotopic (exact) mass is 226 g/mol. The molecule has 0 heterocycles. The van der Waals surface area contributed by atoms with Gasteiger partial charge in [0, 0.05) is 0 Å². The van der Waals surface area contributed by atoms with Gasteiger partial charge >= 0.3 is 72.9 Å². The Balaban J connectivity index is 3.83. The first kappa shape index (κ1) is 10.0. The Hall–Kier alpha value is 0.00948. The van der Waals surface area contributed by atoms with Crippen LogP contribution in [-0.4, -0.2) is 38.4 Å². The first-order valence-electron chi connectivity index (χ1n) is 2.66. The molecule has 3 nitrogen and oxygen atoms in total. The van der Waals surface area contributed by atoms with E-state index in [0.29, 0.717) is 5.75 Å². The minimum atomic E-state index is -0.485. The van der Waals surface area contributed by atoms with Crippen molar-refractivity contribution in [1.82, 2.24) is 5.32 Å². The standard InChI is InChI=1S/C5H8NO2SSe/c1-3(7)6-4(2-9)5(8)10/h4,9H,2H2,1H3,(H,6,7). The Morgan fingerprint density at radius 1 is 1.70 bits per heavy atom. The molecule has 0 aromatic carbocycles. The Morgan fingerprint density at radius 3 is 2.30 bits per heavy atom. The van der Waals surface area contributed by atoms with Crippen molar-refractivity contribution in [2.75, 3.05) is 5.75 Å². The topological polar surface area (TPSA) is 46.2 Å². The van der Waals surface area contributed by atoms with Gasteiger partial charge in [0.15, 0.2) is 0 Å². The van der Waals surface area contributed by atoms with Gasteiger partial charge in [-0.3, -0.25) is 0 Å². The van der Waals surface area contributed by atoms with E-state index in [4.69, 9.17) is 0 Å². The first-order valence-corrected chi connectivity index (χ1v) is 4.15. The van der Waals surface area contributed by atoms with Crippen molar-refractivity contribution in [3.05, 3.63) is 0 Å². The van der Waals surface area contributed by atoms with Gasteiger partial charge in [0.25, 0.3) is 0 Å². The van der Waals surface area contributed by atoms with Crippen LogP contribution < -0.4 is 5.32 Å². The summed E-state index contributed by atoms with van der Waals surface area (Å²) in [7, 11) is 0. The van der Waals surface area contributed by atoms with Crippen LogP contribution in [0.15, 0.2) is 0 Å². The second kappa shape index (κ2) is 4.77. The Labute approximate surface area is 73.2 Å². The molecule has 0 bridgehead atoms. The summed E-state index contributed by atoms with van der Waals surface area (Å²) in [5.41, 5.74) is 0. The molecule has 0 spiro atoms. The van der Waals surface area contributed by atoms with Gasteiger partial charge in [-0.25, -0.2) is 0 Å². The van der Waals surface area contributed by atoms with Gasteiger partial charge in [-0.1, -0.05) is 0 Å². The van der Waals surface area contributed by atoms with Crippen molar-refractivity contribution < 1.29 is 9.59 Å². The number of carbonyl (C=O) groups is 2. The maximum absolute atomic E-state index is 10.6. The normalized spacial score (nSPS) is 12.2. The minimum absolute atomic E-state index is 0.190. The molecule has 1 N–H and O–H groups in total. The van der Waals surface area contributed by atoms with Crippen LogP contribution in [-0.2, 0) is 9.59 Å². The van der Waals surface area contributed by atoms with Gasteiger partial charge in [0.2, 0.25) is 0 Å². The number of hydrogen-bond donors (Lipinski definition) is 2. The molecule has 0 aliphatic heterocycles. The third-order valence-electron chi connectivity index (χ3n) is 0.845. The molecular formula is C5H8NO2SSe. The molecule has 1 amide bonds. The van der Waals surface area contributed by atoms with E-state index in [-0.39, 0.29) is 10.6 Å². The van der Waals surface area contributed by atoms with Gasteiger partial charge in [-0.15, -0.1) is 0 Å². The summed E-state index contributed by atoms with van der Waals surface area (Å²) in [6.45, 7) is 1.36. The molecule has 0 aromatic rings. The fourth-order valence-electron chi connectivity index (χ4n) is 0.424. The zero-order valence-corrected chi connectivity index (χ0v) is 8.06. The Kier molecular flexibility index (Phi) is 4.77. The van der Waals surface area contributed by atoms with E-state index in [1.54, 1.807) is 0 Å². The zero-order valence-electron chi connectivity index (χ0n) is 5.46. The van der Waals surface area contributed by atoms with Crippen molar-refractivity contribution >= 4 is 39.2 Å². The predicted octanol–water partition coefficient (Wildman–Crippen LogP) is -0.884. The Morgan fingerprint density at radius 2 is 2.20 bits per heavy atom. The van der Waals surface area contributed by atoms with Crippen molar-refractivity contribution in [3.8, 4) is 0 Å². The van der Waals surface area contributed by atoms with Crippen LogP contribution in [0.2, 0.25) is 0 Å². The van der Waals surface area contributed by atoms with E-state index in [2.05, 4.69) is 34.0 Å². The summed E-state index contributed by atoms with van der Waals surface area (Å²) < 4.78 is -0.190. The van der Waals surface area contributed by atoms with Crippen LogP contribution in [0.25, 0.3) is 0 Å². The molecule has 5 heteroatoms. The molecule has 0 fully saturated rings. The summed E-state index contributed by atoms with van der Waals surface area (Å²) in [4.78, 5) is 21.0. The molecule has 0 saturated heterocycles. The quantitative estimate of drug-likeness (QED) is 0.484. The van der Waals surface area contributed by atoms with Crippen LogP contribution in [0.1, 0.15) is 6.92 Å². The van der Waals surface area contributed by atoms with E-state index in [9.17, 15) is 9.59 Å². The van der Waals surface area contributed by atoms with Crippen LogP contribution in [0.5, 0.6) is 0 Å². The summed E-state index contributed by atoms with van der Waals surface area (Å²) in [6, 6.07) is -0.485. The second-order valence-electron chi connectivity index (χ2n) is 1.75. The van der Waals surface area contributed by atoms with E-state index in [1.807, 2.05) is 0 Å². The van der Waals surface area contributed by atoms with Gasteiger partial charge in [0.1, 0.15) is 0 Å². The van der Waals surface area contributed by atoms with Crippen LogP contribution >= 0.6 is 12.6 Å². The average molecular weight is 225 g/mol. The van der Waals surface area contributed by atoms with E-state index >= 15 is 0 Å². The number of nitrogens with one attached hydrogen (secondary N) is 1. The van der Waals surface area contributed by atoms with E-state index in [0.717, 1.165) is 0 Å². The van der Waals surface area contributed by atoms with E-state index in [1.165, 1.54) is 6.92 Å². The van der Waals surface area contributed by atoms with Crippen molar-refractivity contribution in [2.24, 2.45) is 0 Å². The van der Waals surface area contributed by atoms with Gasteiger partial charge < -0.3 is 0 Å². The fraction of sp³-hybridized carbons (Fsp3) is 0.600. The second-order valence-corrected chi connectivity index (χ2v) is 2.96. The number of hydrogen-bond acceptors (Lipinski definition) is 3. The van der Waals surface area contributed by atoms with Crippen molar-refractivity contribution in [1.29, 1.82) is 0 Å². The fourth-order valence-corrected chi connectivity index (χ4v) is 1.26. The van der Waals surface area contributed by atoms with Crippen molar-refractivity contribution in [3.63, 3.8) is 0 Å². The molecule has 0 aliphatic carbocycles. The average Bonchev–Trinajstić information content (AvgIpc) is 1.81. The van der Waals surface area contributed by atoms with Gasteiger partial charge in [0.05, 0.1) is 0 Å². The van der Waals surface area contributed by atoms with Crippen LogP contribution in [0.4, 0.5) is 0 Å². The summed E-state index contributed by atoms with van der Waals surface area (Å²) >= 11 is 6.17. The van der Waals surface area contributed by atoms with Crippen molar-refractivity contribution in [2.45, 2.75) is 13.0 Å². The molecule has 57 valence electrons. The number of carbonyl (C=O) groups excluding carboxylic acids is 2. The molecular weight excluding hydrogens is 217 g/mol. The first-order chi connectivity index (χ1) is 4.57. The third-order valence-corrected chi connectivity index (χ3v) is 1.81. The molecule has 0 rings (SSSR count).